The Hall–Kier alpha value is -0.332. The molecule has 0 aliphatic carbocycles. The molecule has 1 aromatic rings. The van der Waals surface area contributed by atoms with Crippen LogP contribution in [-0.4, -0.2) is 39.3 Å². The second-order valence-electron chi connectivity index (χ2n) is 3.73. The smallest absolute Gasteiger partial charge is 0.333 e. The Kier molecular flexibility index (Phi) is 5.54. The fourth-order valence-corrected chi connectivity index (χ4v) is 10.8. The average molecular weight is 301 g/mol. The van der Waals surface area contributed by atoms with E-state index in [0.29, 0.717) is 0 Å². The van der Waals surface area contributed by atoms with Gasteiger partial charge in [-0.25, -0.2) is 0 Å². The molecule has 8 heteroatoms. The molecule has 1 heterocycles. The average Bonchev–Trinajstić information content (AvgIpc) is 2.29. The zero-order chi connectivity index (χ0) is 11.9. The van der Waals surface area contributed by atoms with Crippen LogP contribution in [0.4, 0.5) is 0 Å². The van der Waals surface area contributed by atoms with Crippen molar-refractivity contribution in [3.05, 3.63) is 41.1 Å². The second kappa shape index (κ2) is 7.18. The lowest BCUT2D eigenvalue weighted by Gasteiger charge is -2.21. The molecule has 1 aromatic carbocycles. The van der Waals surface area contributed by atoms with Gasteiger partial charge < -0.3 is 16.5 Å². The normalized spacial score (nSPS) is 27.1. The van der Waals surface area contributed by atoms with E-state index in [4.69, 9.17) is 16.5 Å². The molecule has 0 atom stereocenters. The van der Waals surface area contributed by atoms with E-state index in [1.54, 1.807) is 0 Å². The van der Waals surface area contributed by atoms with Crippen LogP contribution in [0.2, 0.25) is 0 Å². The summed E-state index contributed by atoms with van der Waals surface area (Å²) in [5.41, 5.74) is 1.19. The fraction of sp³-hybridized carbons (Fsp3) is 0.111. The molecule has 1 saturated heterocycles. The van der Waals surface area contributed by atoms with Crippen LogP contribution in [0.1, 0.15) is 12.5 Å². The molecule has 0 bridgehead atoms. The van der Waals surface area contributed by atoms with Crippen LogP contribution in [0, 0.1) is 0 Å². The summed E-state index contributed by atoms with van der Waals surface area (Å²) in [6.45, 7) is 2.08. The van der Waals surface area contributed by atoms with Gasteiger partial charge in [-0.1, -0.05) is 36.4 Å². The van der Waals surface area contributed by atoms with Gasteiger partial charge in [-0.15, -0.1) is 0 Å². The van der Waals surface area contributed by atoms with Crippen LogP contribution in [0.15, 0.2) is 35.5 Å². The van der Waals surface area contributed by atoms with Crippen molar-refractivity contribution < 1.29 is 16.5 Å². The summed E-state index contributed by atoms with van der Waals surface area (Å²) in [5, 5.41) is 1.20. The third-order valence-electron chi connectivity index (χ3n) is 2.34. The van der Waals surface area contributed by atoms with Crippen molar-refractivity contribution in [2.45, 2.75) is 6.92 Å². The molecule has 0 spiro atoms. The number of hydrogen-bond acceptors (Lipinski definition) is 4. The second-order valence-corrected chi connectivity index (χ2v) is 11.9. The molecule has 0 radical (unpaired) electrons. The van der Waals surface area contributed by atoms with Gasteiger partial charge in [0.15, 0.2) is 0 Å². The van der Waals surface area contributed by atoms with Gasteiger partial charge >= 0.3 is 9.28 Å². The van der Waals surface area contributed by atoms with E-state index in [1.165, 1.54) is 10.8 Å². The summed E-state index contributed by atoms with van der Waals surface area (Å²) in [7, 11) is -4.23. The van der Waals surface area contributed by atoms with Gasteiger partial charge in [0.2, 0.25) is 0 Å². The molecule has 17 heavy (non-hydrogen) atoms. The maximum absolute atomic E-state index is 5.77. The summed E-state index contributed by atoms with van der Waals surface area (Å²) in [6.07, 6.45) is 2.14. The standard InChI is InChI=1S/C9H16O4Si4/c1-8(7-9-5-3-2-4-6-9)17-12-15-10-14-11-16-13-17/h2-7,17H,14-16H2,1H3. The molecular weight excluding hydrogens is 284 g/mol. The molecule has 0 saturated carbocycles. The SMILES string of the molecule is CC(=Cc1ccccc1)[SiH]1O[SiH2]O[SiH2]O[SiH2]O1. The first-order chi connectivity index (χ1) is 8.36. The minimum Gasteiger partial charge on any atom is -0.425 e. The van der Waals surface area contributed by atoms with Gasteiger partial charge in [-0.2, -0.15) is 0 Å². The first kappa shape index (κ1) is 13.1. The van der Waals surface area contributed by atoms with Gasteiger partial charge in [0, 0.05) is 0 Å². The van der Waals surface area contributed by atoms with E-state index in [0.717, 1.165) is 0 Å². The fourth-order valence-electron chi connectivity index (χ4n) is 1.54. The van der Waals surface area contributed by atoms with Crippen LogP contribution in [-0.2, 0) is 16.5 Å². The summed E-state index contributed by atoms with van der Waals surface area (Å²) in [4.78, 5) is 0. The third-order valence-corrected chi connectivity index (χ3v) is 9.43. The van der Waals surface area contributed by atoms with Crippen LogP contribution in [0.5, 0.6) is 0 Å². The Bertz CT molecular complexity index is 365. The number of allylic oxidation sites excluding steroid dienone is 1. The Balaban J connectivity index is 2.02. The topological polar surface area (TPSA) is 36.9 Å². The Morgan fingerprint density at radius 2 is 1.71 bits per heavy atom. The first-order valence-electron chi connectivity index (χ1n) is 5.48. The highest BCUT2D eigenvalue weighted by Gasteiger charge is 2.17. The van der Waals surface area contributed by atoms with E-state index in [9.17, 15) is 0 Å². The molecule has 1 fully saturated rings. The molecule has 0 aromatic heterocycles. The third kappa shape index (κ3) is 4.44. The zero-order valence-corrected chi connectivity index (χ0v) is 15.2. The van der Waals surface area contributed by atoms with Crippen molar-refractivity contribution in [2.24, 2.45) is 0 Å². The minimum absolute atomic E-state index is 0.776. The molecule has 1 aliphatic rings. The van der Waals surface area contributed by atoms with Crippen molar-refractivity contribution in [1.29, 1.82) is 0 Å². The minimum atomic E-state index is -1.71. The van der Waals surface area contributed by atoms with E-state index in [2.05, 4.69) is 25.1 Å². The van der Waals surface area contributed by atoms with Crippen LogP contribution < -0.4 is 0 Å². The van der Waals surface area contributed by atoms with Crippen molar-refractivity contribution in [2.75, 3.05) is 0 Å². The highest BCUT2D eigenvalue weighted by molar-refractivity contribution is 6.65. The number of hydrogen-bond donors (Lipinski definition) is 0. The monoisotopic (exact) mass is 300 g/mol. The Morgan fingerprint density at radius 1 is 1.06 bits per heavy atom. The zero-order valence-electron chi connectivity index (χ0n) is 9.80. The van der Waals surface area contributed by atoms with Crippen LogP contribution in [0.3, 0.4) is 0 Å². The molecule has 92 valence electrons. The van der Waals surface area contributed by atoms with E-state index in [-0.39, 0.29) is 0 Å². The lowest BCUT2D eigenvalue weighted by molar-refractivity contribution is 0.334. The van der Waals surface area contributed by atoms with Gasteiger partial charge in [0.05, 0.1) is 0 Å². The van der Waals surface area contributed by atoms with Crippen LogP contribution in [0.25, 0.3) is 6.08 Å². The van der Waals surface area contributed by atoms with Gasteiger partial charge in [-0.05, 0) is 17.7 Å². The van der Waals surface area contributed by atoms with Gasteiger partial charge in [-0.3, -0.25) is 0 Å². The number of benzene rings is 1. The van der Waals surface area contributed by atoms with E-state index >= 15 is 0 Å². The Morgan fingerprint density at radius 3 is 2.35 bits per heavy atom. The van der Waals surface area contributed by atoms with Crippen LogP contribution >= 0.6 is 0 Å². The first-order valence-corrected chi connectivity index (χ1v) is 10.5. The lowest BCUT2D eigenvalue weighted by atomic mass is 10.2. The highest BCUT2D eigenvalue weighted by atomic mass is 28.4. The summed E-state index contributed by atoms with van der Waals surface area (Å²) >= 11 is 0. The van der Waals surface area contributed by atoms with Gasteiger partial charge in [0.25, 0.3) is 30.0 Å². The molecule has 0 unspecified atom stereocenters. The number of rotatable bonds is 2. The van der Waals surface area contributed by atoms with Gasteiger partial charge in [0.1, 0.15) is 0 Å². The molecule has 2 rings (SSSR count). The van der Waals surface area contributed by atoms with Crippen molar-refractivity contribution in [1.82, 2.24) is 0 Å². The maximum atomic E-state index is 5.77. The van der Waals surface area contributed by atoms with E-state index < -0.39 is 39.3 Å². The predicted octanol–water partition coefficient (Wildman–Crippen LogP) is -1.07. The lowest BCUT2D eigenvalue weighted by Crippen LogP contribution is -2.34. The summed E-state index contributed by atoms with van der Waals surface area (Å²) < 4.78 is 22.3. The molecule has 1 aliphatic heterocycles. The molecule has 0 amide bonds. The summed E-state index contributed by atoms with van der Waals surface area (Å²) in [6, 6.07) is 10.2. The van der Waals surface area contributed by atoms with Crippen molar-refractivity contribution >= 4 is 45.4 Å². The molecular formula is C9H16O4Si4. The Labute approximate surface area is 110 Å². The quantitative estimate of drug-likeness (QED) is 0.652. The van der Waals surface area contributed by atoms with Crippen molar-refractivity contribution in [3.8, 4) is 0 Å². The maximum Gasteiger partial charge on any atom is 0.333 e. The molecule has 4 nitrogen and oxygen atoms in total. The highest BCUT2D eigenvalue weighted by Crippen LogP contribution is 2.10. The van der Waals surface area contributed by atoms with E-state index in [1.807, 2.05) is 18.2 Å². The predicted molar refractivity (Wildman–Crippen MR) is 77.2 cm³/mol. The summed E-state index contributed by atoms with van der Waals surface area (Å²) in [5.74, 6) is 0. The van der Waals surface area contributed by atoms with Crippen molar-refractivity contribution in [3.63, 3.8) is 0 Å². The largest absolute Gasteiger partial charge is 0.425 e. The molecule has 0 N–H and O–H groups in total.